The zero-order valence-electron chi connectivity index (χ0n) is 14.1. The van der Waals surface area contributed by atoms with Crippen molar-refractivity contribution in [3.05, 3.63) is 36.8 Å². The van der Waals surface area contributed by atoms with Crippen LogP contribution in [-0.2, 0) is 4.79 Å². The lowest BCUT2D eigenvalue weighted by Crippen LogP contribution is -2.34. The lowest BCUT2D eigenvalue weighted by Gasteiger charge is -2.21. The molecule has 4 heterocycles. The predicted octanol–water partition coefficient (Wildman–Crippen LogP) is 2.08. The van der Waals surface area contributed by atoms with Gasteiger partial charge in [0, 0.05) is 62.6 Å². The first kappa shape index (κ1) is 15.6. The number of carbonyl (C=O) groups is 1. The lowest BCUT2D eigenvalue weighted by atomic mass is 10.1. The Balaban J connectivity index is 1.62. The molecule has 0 unspecified atom stereocenters. The Bertz CT molecular complexity index is 905. The molecule has 0 aromatic carbocycles. The van der Waals surface area contributed by atoms with Gasteiger partial charge in [-0.25, -0.2) is 15.0 Å². The molecule has 1 saturated heterocycles. The first-order valence-electron chi connectivity index (χ1n) is 8.48. The molecule has 7 heteroatoms. The first-order valence-corrected chi connectivity index (χ1v) is 8.48. The van der Waals surface area contributed by atoms with Crippen molar-refractivity contribution < 1.29 is 4.79 Å². The Kier molecular flexibility index (Phi) is 4.05. The molecule has 0 saturated carbocycles. The van der Waals surface area contributed by atoms with Crippen LogP contribution < -0.4 is 4.90 Å². The van der Waals surface area contributed by atoms with Gasteiger partial charge in [0.25, 0.3) is 0 Å². The highest BCUT2D eigenvalue weighted by atomic mass is 16.2. The fraction of sp³-hybridized carbons (Fsp3) is 0.333. The van der Waals surface area contributed by atoms with Gasteiger partial charge in [0.1, 0.15) is 5.65 Å². The molecule has 0 aliphatic carbocycles. The second kappa shape index (κ2) is 6.51. The predicted molar refractivity (Wildman–Crippen MR) is 96.2 cm³/mol. The molecule has 0 bridgehead atoms. The number of hydrogen-bond acceptors (Lipinski definition) is 5. The molecular weight excluding hydrogens is 316 g/mol. The van der Waals surface area contributed by atoms with E-state index in [2.05, 4.69) is 19.9 Å². The van der Waals surface area contributed by atoms with E-state index in [4.69, 9.17) is 4.98 Å². The van der Waals surface area contributed by atoms with E-state index in [0.29, 0.717) is 12.5 Å². The van der Waals surface area contributed by atoms with Crippen LogP contribution >= 0.6 is 0 Å². The van der Waals surface area contributed by atoms with E-state index < -0.39 is 0 Å². The number of hydrogen-bond donors (Lipinski definition) is 1. The summed E-state index contributed by atoms with van der Waals surface area (Å²) in [6.07, 6.45) is 6.42. The summed E-state index contributed by atoms with van der Waals surface area (Å²) in [7, 11) is 0. The van der Waals surface area contributed by atoms with Crippen molar-refractivity contribution >= 4 is 22.9 Å². The Labute approximate surface area is 145 Å². The Morgan fingerprint density at radius 1 is 1.12 bits per heavy atom. The molecule has 1 fully saturated rings. The summed E-state index contributed by atoms with van der Waals surface area (Å²) in [6.45, 7) is 4.72. The number of rotatable bonds is 2. The molecule has 25 heavy (non-hydrogen) atoms. The van der Waals surface area contributed by atoms with Crippen LogP contribution in [0.1, 0.15) is 13.3 Å². The third kappa shape index (κ3) is 3.05. The second-order valence-corrected chi connectivity index (χ2v) is 6.19. The first-order chi connectivity index (χ1) is 12.2. The van der Waals surface area contributed by atoms with Gasteiger partial charge in [-0.15, -0.1) is 0 Å². The molecule has 1 amide bonds. The van der Waals surface area contributed by atoms with Gasteiger partial charge in [-0.2, -0.15) is 0 Å². The van der Waals surface area contributed by atoms with Gasteiger partial charge < -0.3 is 14.8 Å². The molecule has 1 aliphatic heterocycles. The van der Waals surface area contributed by atoms with Gasteiger partial charge >= 0.3 is 0 Å². The molecule has 3 aromatic heterocycles. The zero-order chi connectivity index (χ0) is 17.2. The van der Waals surface area contributed by atoms with E-state index in [1.807, 2.05) is 29.3 Å². The van der Waals surface area contributed by atoms with E-state index in [0.717, 1.165) is 48.3 Å². The van der Waals surface area contributed by atoms with E-state index in [9.17, 15) is 4.79 Å². The number of aromatic amines is 1. The SMILES string of the molecule is CC(=O)N1CCCN(c2nccc(-c3c[nH]c4ncccc34)n2)CC1. The van der Waals surface area contributed by atoms with Crippen molar-refractivity contribution in [3.63, 3.8) is 0 Å². The van der Waals surface area contributed by atoms with Gasteiger partial charge in [-0.1, -0.05) is 0 Å². The van der Waals surface area contributed by atoms with Crippen LogP contribution in [0.4, 0.5) is 5.95 Å². The number of fused-ring (bicyclic) bond motifs is 1. The largest absolute Gasteiger partial charge is 0.345 e. The third-order valence-electron chi connectivity index (χ3n) is 4.59. The summed E-state index contributed by atoms with van der Waals surface area (Å²) in [5.41, 5.74) is 2.74. The highest BCUT2D eigenvalue weighted by molar-refractivity contribution is 5.92. The van der Waals surface area contributed by atoms with Crippen LogP contribution in [0.2, 0.25) is 0 Å². The molecule has 0 radical (unpaired) electrons. The van der Waals surface area contributed by atoms with E-state index in [1.165, 1.54) is 0 Å². The maximum absolute atomic E-state index is 11.6. The summed E-state index contributed by atoms with van der Waals surface area (Å²) < 4.78 is 0. The summed E-state index contributed by atoms with van der Waals surface area (Å²) in [5.74, 6) is 0.837. The van der Waals surface area contributed by atoms with Crippen LogP contribution in [0.25, 0.3) is 22.3 Å². The molecule has 3 aromatic rings. The smallest absolute Gasteiger partial charge is 0.225 e. The summed E-state index contributed by atoms with van der Waals surface area (Å²) in [6, 6.07) is 5.87. The quantitative estimate of drug-likeness (QED) is 0.775. The normalized spacial score (nSPS) is 15.4. The van der Waals surface area contributed by atoms with E-state index in [-0.39, 0.29) is 5.91 Å². The maximum Gasteiger partial charge on any atom is 0.225 e. The van der Waals surface area contributed by atoms with Gasteiger partial charge in [-0.3, -0.25) is 4.79 Å². The number of pyridine rings is 1. The molecule has 0 atom stereocenters. The Morgan fingerprint density at radius 2 is 2.04 bits per heavy atom. The van der Waals surface area contributed by atoms with Crippen molar-refractivity contribution in [2.75, 3.05) is 31.1 Å². The summed E-state index contributed by atoms with van der Waals surface area (Å²) in [5, 5.41) is 1.05. The number of H-pyrrole nitrogens is 1. The molecule has 4 rings (SSSR count). The number of anilines is 1. The average Bonchev–Trinajstić information content (AvgIpc) is 2.90. The summed E-state index contributed by atoms with van der Waals surface area (Å²) in [4.78, 5) is 32.4. The van der Waals surface area contributed by atoms with E-state index in [1.54, 1.807) is 19.3 Å². The van der Waals surface area contributed by atoms with Gasteiger partial charge in [0.2, 0.25) is 11.9 Å². The number of aromatic nitrogens is 4. The van der Waals surface area contributed by atoms with E-state index >= 15 is 0 Å². The van der Waals surface area contributed by atoms with Crippen molar-refractivity contribution in [2.45, 2.75) is 13.3 Å². The number of carbonyl (C=O) groups excluding carboxylic acids is 1. The van der Waals surface area contributed by atoms with Crippen LogP contribution in [0.15, 0.2) is 36.8 Å². The monoisotopic (exact) mass is 336 g/mol. The third-order valence-corrected chi connectivity index (χ3v) is 4.59. The number of nitrogens with zero attached hydrogens (tertiary/aromatic N) is 5. The van der Waals surface area contributed by atoms with Crippen molar-refractivity contribution in [3.8, 4) is 11.3 Å². The topological polar surface area (TPSA) is 78.0 Å². The number of nitrogens with one attached hydrogen (secondary N) is 1. The molecular formula is C18H20N6O. The van der Waals surface area contributed by atoms with Gasteiger partial charge in [0.05, 0.1) is 5.69 Å². The Hall–Kier alpha value is -2.96. The highest BCUT2D eigenvalue weighted by Crippen LogP contribution is 2.26. The van der Waals surface area contributed by atoms with Crippen LogP contribution in [0, 0.1) is 0 Å². The van der Waals surface area contributed by atoms with Crippen LogP contribution in [0.5, 0.6) is 0 Å². The molecule has 7 nitrogen and oxygen atoms in total. The zero-order valence-corrected chi connectivity index (χ0v) is 14.1. The molecule has 1 aliphatic rings. The fourth-order valence-electron chi connectivity index (χ4n) is 3.25. The highest BCUT2D eigenvalue weighted by Gasteiger charge is 2.19. The van der Waals surface area contributed by atoms with Crippen molar-refractivity contribution in [2.24, 2.45) is 0 Å². The van der Waals surface area contributed by atoms with Crippen LogP contribution in [0.3, 0.4) is 0 Å². The molecule has 0 spiro atoms. The lowest BCUT2D eigenvalue weighted by molar-refractivity contribution is -0.128. The standard InChI is InChI=1S/C18H20N6O/c1-13(25)23-8-3-9-24(11-10-23)18-20-7-5-16(22-18)15-12-21-17-14(15)4-2-6-19-17/h2,4-7,12H,3,8-11H2,1H3,(H,19,21). The Morgan fingerprint density at radius 3 is 2.92 bits per heavy atom. The van der Waals surface area contributed by atoms with Crippen LogP contribution in [-0.4, -0.2) is 56.9 Å². The molecule has 1 N–H and O–H groups in total. The van der Waals surface area contributed by atoms with Crippen molar-refractivity contribution in [1.29, 1.82) is 0 Å². The summed E-state index contributed by atoms with van der Waals surface area (Å²) >= 11 is 0. The minimum atomic E-state index is 0.128. The average molecular weight is 336 g/mol. The second-order valence-electron chi connectivity index (χ2n) is 6.19. The minimum absolute atomic E-state index is 0.128. The van der Waals surface area contributed by atoms with Gasteiger partial charge in [-0.05, 0) is 24.6 Å². The minimum Gasteiger partial charge on any atom is -0.345 e. The maximum atomic E-state index is 11.6. The van der Waals surface area contributed by atoms with Gasteiger partial charge in [0.15, 0.2) is 0 Å². The number of amides is 1. The van der Waals surface area contributed by atoms with Crippen molar-refractivity contribution in [1.82, 2.24) is 24.8 Å². The fourth-order valence-corrected chi connectivity index (χ4v) is 3.25. The molecule has 128 valence electrons.